The van der Waals surface area contributed by atoms with Gasteiger partial charge in [-0.05, 0) is 67.6 Å². The molecule has 0 bridgehead atoms. The van der Waals surface area contributed by atoms with Crippen molar-refractivity contribution < 1.29 is 4.55 Å². The summed E-state index contributed by atoms with van der Waals surface area (Å²) in [5.41, 5.74) is 0.987. The first kappa shape index (κ1) is 14.3. The SMILES string of the molecule is CC(C)(C)[S+]([O-])NC1(c2ccc(Br)nc2)CCC1. The van der Waals surface area contributed by atoms with E-state index in [0.29, 0.717) is 0 Å². The van der Waals surface area contributed by atoms with Gasteiger partial charge in [-0.2, -0.15) is 0 Å². The molecule has 1 saturated carbocycles. The van der Waals surface area contributed by atoms with Crippen molar-refractivity contribution in [2.45, 2.75) is 50.3 Å². The van der Waals surface area contributed by atoms with Crippen LogP contribution < -0.4 is 4.72 Å². The Morgan fingerprint density at radius 3 is 2.44 bits per heavy atom. The minimum Gasteiger partial charge on any atom is -0.598 e. The molecule has 1 aliphatic carbocycles. The molecule has 0 aliphatic heterocycles. The van der Waals surface area contributed by atoms with Gasteiger partial charge in [0, 0.05) is 17.6 Å². The van der Waals surface area contributed by atoms with E-state index in [1.54, 1.807) is 0 Å². The Balaban J connectivity index is 2.18. The highest BCUT2D eigenvalue weighted by Crippen LogP contribution is 2.42. The first-order valence-electron chi connectivity index (χ1n) is 6.15. The van der Waals surface area contributed by atoms with E-state index in [1.807, 2.05) is 33.0 Å². The summed E-state index contributed by atoms with van der Waals surface area (Å²) in [7, 11) is 0. The molecule has 0 radical (unpaired) electrons. The highest BCUT2D eigenvalue weighted by molar-refractivity contribution is 9.10. The number of nitrogens with zero attached hydrogens (tertiary/aromatic N) is 1. The van der Waals surface area contributed by atoms with Crippen molar-refractivity contribution in [1.82, 2.24) is 9.71 Å². The van der Waals surface area contributed by atoms with Gasteiger partial charge in [0.15, 0.2) is 0 Å². The summed E-state index contributed by atoms with van der Waals surface area (Å²) in [5, 5.41) is 0. The van der Waals surface area contributed by atoms with Gasteiger partial charge >= 0.3 is 0 Å². The van der Waals surface area contributed by atoms with Gasteiger partial charge in [-0.1, -0.05) is 6.07 Å². The largest absolute Gasteiger partial charge is 0.598 e. The first-order chi connectivity index (χ1) is 8.33. The second-order valence-electron chi connectivity index (χ2n) is 5.79. The van der Waals surface area contributed by atoms with Crippen LogP contribution in [0.2, 0.25) is 0 Å². The van der Waals surface area contributed by atoms with Crippen LogP contribution in [0.1, 0.15) is 45.6 Å². The van der Waals surface area contributed by atoms with Crippen molar-refractivity contribution in [3.63, 3.8) is 0 Å². The number of hydrogen-bond donors (Lipinski definition) is 1. The van der Waals surface area contributed by atoms with E-state index in [1.165, 1.54) is 6.42 Å². The maximum Gasteiger partial charge on any atom is 0.136 e. The number of aromatic nitrogens is 1. The Labute approximate surface area is 120 Å². The first-order valence-corrected chi connectivity index (χ1v) is 8.09. The Morgan fingerprint density at radius 2 is 2.06 bits per heavy atom. The van der Waals surface area contributed by atoms with E-state index >= 15 is 0 Å². The lowest BCUT2D eigenvalue weighted by atomic mass is 9.73. The zero-order chi connectivity index (χ0) is 13.4. The van der Waals surface area contributed by atoms with Crippen LogP contribution in [0.4, 0.5) is 0 Å². The summed E-state index contributed by atoms with van der Waals surface area (Å²) in [4.78, 5) is 4.27. The molecule has 2 rings (SSSR count). The van der Waals surface area contributed by atoms with E-state index in [2.05, 4.69) is 31.7 Å². The van der Waals surface area contributed by atoms with Gasteiger partial charge < -0.3 is 4.55 Å². The predicted octanol–water partition coefficient (Wildman–Crippen LogP) is 3.28. The lowest BCUT2D eigenvalue weighted by Crippen LogP contribution is -2.54. The summed E-state index contributed by atoms with van der Waals surface area (Å²) >= 11 is 2.29. The number of halogens is 1. The van der Waals surface area contributed by atoms with Gasteiger partial charge in [0.25, 0.3) is 0 Å². The third-order valence-electron chi connectivity index (χ3n) is 3.33. The number of nitrogens with one attached hydrogen (secondary N) is 1. The molecular formula is C13H19BrN2OS. The van der Waals surface area contributed by atoms with Gasteiger partial charge in [-0.15, -0.1) is 4.72 Å². The Bertz CT molecular complexity index is 412. The van der Waals surface area contributed by atoms with Gasteiger partial charge in [0.1, 0.15) is 9.35 Å². The molecular weight excluding hydrogens is 312 g/mol. The van der Waals surface area contributed by atoms with Crippen LogP contribution >= 0.6 is 15.9 Å². The number of pyridine rings is 1. The minimum atomic E-state index is -1.05. The topological polar surface area (TPSA) is 48.0 Å². The standard InChI is InChI=1S/C13H19BrN2OS/c1-12(2,3)18(17)16-13(7-4-8-13)10-5-6-11(14)15-9-10/h5-6,9,16H,4,7-8H2,1-3H3. The van der Waals surface area contributed by atoms with Crippen molar-refractivity contribution >= 4 is 27.3 Å². The van der Waals surface area contributed by atoms with Crippen molar-refractivity contribution in [3.05, 3.63) is 28.5 Å². The lowest BCUT2D eigenvalue weighted by molar-refractivity contribution is 0.222. The zero-order valence-electron chi connectivity index (χ0n) is 11.0. The fraction of sp³-hybridized carbons (Fsp3) is 0.615. The molecule has 5 heteroatoms. The Morgan fingerprint density at radius 1 is 1.39 bits per heavy atom. The van der Waals surface area contributed by atoms with Crippen molar-refractivity contribution in [3.8, 4) is 0 Å². The Hall–Kier alpha value is -0.100. The normalized spacial score (nSPS) is 20.3. The summed E-state index contributed by atoms with van der Waals surface area (Å²) < 4.78 is 16.2. The van der Waals surface area contributed by atoms with Crippen molar-refractivity contribution in [2.24, 2.45) is 0 Å². The molecule has 0 saturated heterocycles. The highest BCUT2D eigenvalue weighted by Gasteiger charge is 2.45. The van der Waals surface area contributed by atoms with Gasteiger partial charge in [-0.3, -0.25) is 0 Å². The van der Waals surface area contributed by atoms with E-state index in [4.69, 9.17) is 0 Å². The molecule has 18 heavy (non-hydrogen) atoms. The molecule has 1 aromatic heterocycles. The van der Waals surface area contributed by atoms with E-state index < -0.39 is 11.4 Å². The minimum absolute atomic E-state index is 0.147. The van der Waals surface area contributed by atoms with E-state index in [0.717, 1.165) is 23.0 Å². The fourth-order valence-electron chi connectivity index (χ4n) is 1.97. The molecule has 1 N–H and O–H groups in total. The van der Waals surface area contributed by atoms with Crippen LogP contribution in [-0.2, 0) is 16.9 Å². The molecule has 0 amide bonds. The lowest BCUT2D eigenvalue weighted by Gasteiger charge is -2.43. The van der Waals surface area contributed by atoms with Crippen LogP contribution in [0.3, 0.4) is 0 Å². The summed E-state index contributed by atoms with van der Waals surface area (Å²) in [6.07, 6.45) is 5.09. The van der Waals surface area contributed by atoms with Gasteiger partial charge in [-0.25, -0.2) is 4.98 Å². The van der Waals surface area contributed by atoms with Crippen molar-refractivity contribution in [2.75, 3.05) is 0 Å². The third kappa shape index (κ3) is 2.90. The van der Waals surface area contributed by atoms with Crippen LogP contribution in [0.15, 0.2) is 22.9 Å². The summed E-state index contributed by atoms with van der Waals surface area (Å²) in [6, 6.07) is 4.00. The van der Waals surface area contributed by atoms with Crippen LogP contribution in [-0.4, -0.2) is 14.3 Å². The van der Waals surface area contributed by atoms with Crippen LogP contribution in [0.5, 0.6) is 0 Å². The van der Waals surface area contributed by atoms with Gasteiger partial charge in [0.05, 0.1) is 5.54 Å². The molecule has 0 spiro atoms. The second-order valence-corrected chi connectivity index (χ2v) is 8.57. The average molecular weight is 331 g/mol. The second kappa shape index (κ2) is 5.12. The Kier molecular flexibility index (Phi) is 4.07. The molecule has 100 valence electrons. The fourth-order valence-corrected chi connectivity index (χ4v) is 3.19. The molecule has 1 aromatic rings. The smallest absolute Gasteiger partial charge is 0.136 e. The summed E-state index contributed by atoms with van der Waals surface area (Å²) in [5.74, 6) is 0. The average Bonchev–Trinajstić information content (AvgIpc) is 2.23. The molecule has 3 nitrogen and oxygen atoms in total. The maximum atomic E-state index is 12.3. The number of hydrogen-bond acceptors (Lipinski definition) is 3. The van der Waals surface area contributed by atoms with Crippen molar-refractivity contribution in [1.29, 1.82) is 0 Å². The quantitative estimate of drug-likeness (QED) is 0.683. The third-order valence-corrected chi connectivity index (χ3v) is 5.49. The van der Waals surface area contributed by atoms with Crippen LogP contribution in [0, 0.1) is 0 Å². The molecule has 1 unspecified atom stereocenters. The highest BCUT2D eigenvalue weighted by atomic mass is 79.9. The monoisotopic (exact) mass is 330 g/mol. The molecule has 1 atom stereocenters. The van der Waals surface area contributed by atoms with E-state index in [-0.39, 0.29) is 10.3 Å². The molecule has 1 heterocycles. The summed E-state index contributed by atoms with van der Waals surface area (Å²) in [6.45, 7) is 5.97. The van der Waals surface area contributed by atoms with E-state index in [9.17, 15) is 4.55 Å². The zero-order valence-corrected chi connectivity index (χ0v) is 13.4. The van der Waals surface area contributed by atoms with Gasteiger partial charge in [0.2, 0.25) is 0 Å². The maximum absolute atomic E-state index is 12.3. The molecule has 0 aromatic carbocycles. The predicted molar refractivity (Wildman–Crippen MR) is 78.5 cm³/mol. The molecule has 1 aliphatic rings. The number of rotatable bonds is 3. The van der Waals surface area contributed by atoms with Crippen LogP contribution in [0.25, 0.3) is 0 Å². The molecule has 1 fully saturated rings.